The number of hydrogen-bond donors (Lipinski definition) is 2. The van der Waals surface area contributed by atoms with E-state index in [0.717, 1.165) is 19.4 Å². The number of rotatable bonds is 12. The average molecular weight is 691 g/mol. The van der Waals surface area contributed by atoms with Crippen LogP contribution in [-0.4, -0.2) is 119 Å². The number of sulfonamides is 1. The zero-order valence-electron chi connectivity index (χ0n) is 29.5. The molecular formula is C35H54N4O8S. The maximum Gasteiger partial charge on any atom is 0.258 e. The van der Waals surface area contributed by atoms with Gasteiger partial charge in [-0.2, -0.15) is 4.31 Å². The fourth-order valence-electron chi connectivity index (χ4n) is 5.52. The van der Waals surface area contributed by atoms with E-state index in [1.165, 1.54) is 30.6 Å². The van der Waals surface area contributed by atoms with Crippen LogP contribution in [0.3, 0.4) is 0 Å². The summed E-state index contributed by atoms with van der Waals surface area (Å²) in [6.45, 7) is 6.76. The van der Waals surface area contributed by atoms with Gasteiger partial charge in [0.1, 0.15) is 11.5 Å². The molecule has 0 radical (unpaired) electrons. The van der Waals surface area contributed by atoms with Crippen molar-refractivity contribution in [1.82, 2.24) is 14.1 Å². The van der Waals surface area contributed by atoms with Crippen molar-refractivity contribution in [2.24, 2.45) is 5.92 Å². The Labute approximate surface area is 286 Å². The van der Waals surface area contributed by atoms with Crippen molar-refractivity contribution >= 4 is 27.5 Å². The Morgan fingerprint density at radius 3 is 2.48 bits per heavy atom. The van der Waals surface area contributed by atoms with Gasteiger partial charge in [-0.25, -0.2) is 8.42 Å². The smallest absolute Gasteiger partial charge is 0.258 e. The summed E-state index contributed by atoms with van der Waals surface area (Å²) in [5.74, 6) is 0.114. The minimum atomic E-state index is -3.84. The zero-order valence-corrected chi connectivity index (χ0v) is 30.3. The molecule has 12 nitrogen and oxygen atoms in total. The third-order valence-corrected chi connectivity index (χ3v) is 10.4. The molecule has 0 saturated carbocycles. The van der Waals surface area contributed by atoms with Crippen LogP contribution in [-0.2, 0) is 19.6 Å². The summed E-state index contributed by atoms with van der Waals surface area (Å²) in [4.78, 5) is 30.7. The summed E-state index contributed by atoms with van der Waals surface area (Å²) >= 11 is 0. The lowest BCUT2D eigenvalue weighted by Gasteiger charge is -2.35. The number of carbonyl (C=O) groups is 2. The average Bonchev–Trinajstić information content (AvgIpc) is 3.05. The molecule has 3 rings (SSSR count). The van der Waals surface area contributed by atoms with E-state index in [0.29, 0.717) is 43.1 Å². The first-order valence-electron chi connectivity index (χ1n) is 16.7. The molecule has 0 bridgehead atoms. The van der Waals surface area contributed by atoms with E-state index < -0.39 is 22.2 Å². The van der Waals surface area contributed by atoms with Crippen LogP contribution in [0.15, 0.2) is 47.4 Å². The van der Waals surface area contributed by atoms with E-state index in [2.05, 4.69) is 5.32 Å². The highest BCUT2D eigenvalue weighted by Crippen LogP contribution is 2.29. The summed E-state index contributed by atoms with van der Waals surface area (Å²) in [5.41, 5.74) is 0.750. The van der Waals surface area contributed by atoms with Gasteiger partial charge in [-0.15, -0.1) is 0 Å². The molecule has 0 fully saturated rings. The number of fused-ring (bicyclic) bond motifs is 1. The molecule has 0 aliphatic carbocycles. The number of benzene rings is 2. The number of carbonyl (C=O) groups excluding carboxylic acids is 2. The number of anilines is 1. The van der Waals surface area contributed by atoms with Gasteiger partial charge in [0.05, 0.1) is 42.4 Å². The Balaban J connectivity index is 1.92. The van der Waals surface area contributed by atoms with Crippen molar-refractivity contribution in [3.8, 4) is 11.5 Å². The molecule has 1 aliphatic rings. The lowest BCUT2D eigenvalue weighted by atomic mass is 10.0. The van der Waals surface area contributed by atoms with Crippen molar-refractivity contribution in [3.63, 3.8) is 0 Å². The second-order valence-electron chi connectivity index (χ2n) is 12.9. The molecule has 0 aromatic heterocycles. The van der Waals surface area contributed by atoms with Crippen molar-refractivity contribution in [3.05, 3.63) is 48.0 Å². The van der Waals surface area contributed by atoms with E-state index in [1.807, 2.05) is 32.8 Å². The minimum Gasteiger partial charge on any atom is -0.497 e. The maximum absolute atomic E-state index is 14.3. The van der Waals surface area contributed by atoms with E-state index in [9.17, 15) is 23.1 Å². The standard InChI is InChI=1S/C35H54N4O8S/c1-25-22-39(26(2)24-40)35(42)31-21-28(36-34(41)12-10-19-37(4)5)13-18-32(31)47-27(3)11-8-9-20-46-33(25)23-38(6)48(43,44)30-16-14-29(45-7)15-17-30/h13-18,21,25-27,33,40H,8-12,19-20,22-24H2,1-7H3,(H,36,41)/t25-,26-,27-,33+/m1/s1. The highest BCUT2D eigenvalue weighted by molar-refractivity contribution is 7.89. The first-order valence-corrected chi connectivity index (χ1v) is 18.1. The van der Waals surface area contributed by atoms with E-state index in [4.69, 9.17) is 14.2 Å². The zero-order chi connectivity index (χ0) is 35.4. The molecular weight excluding hydrogens is 636 g/mol. The topological polar surface area (TPSA) is 138 Å². The molecule has 2 aromatic carbocycles. The fraction of sp³-hybridized carbons (Fsp3) is 0.600. The first kappa shape index (κ1) is 39.2. The Morgan fingerprint density at radius 2 is 1.83 bits per heavy atom. The van der Waals surface area contributed by atoms with Crippen molar-refractivity contribution in [2.45, 2.75) is 76.0 Å². The van der Waals surface area contributed by atoms with Gasteiger partial charge in [-0.1, -0.05) is 6.92 Å². The highest BCUT2D eigenvalue weighted by atomic mass is 32.2. The largest absolute Gasteiger partial charge is 0.497 e. The third-order valence-electron chi connectivity index (χ3n) is 8.55. The predicted octanol–water partition coefficient (Wildman–Crippen LogP) is 4.09. The highest BCUT2D eigenvalue weighted by Gasteiger charge is 2.32. The van der Waals surface area contributed by atoms with Crippen LogP contribution < -0.4 is 14.8 Å². The molecule has 4 atom stereocenters. The molecule has 268 valence electrons. The molecule has 48 heavy (non-hydrogen) atoms. The number of likely N-dealkylation sites (N-methyl/N-ethyl adjacent to an activating group) is 1. The number of aliphatic hydroxyl groups is 1. The molecule has 1 heterocycles. The number of aliphatic hydroxyl groups excluding tert-OH is 1. The Bertz CT molecular complexity index is 1440. The lowest BCUT2D eigenvalue weighted by molar-refractivity contribution is -0.116. The van der Waals surface area contributed by atoms with Gasteiger partial charge in [0.25, 0.3) is 5.91 Å². The molecule has 2 N–H and O–H groups in total. The summed E-state index contributed by atoms with van der Waals surface area (Å²) in [6.07, 6.45) is 2.55. The number of amides is 2. The van der Waals surface area contributed by atoms with Gasteiger partial charge >= 0.3 is 0 Å². The van der Waals surface area contributed by atoms with E-state index in [1.54, 1.807) is 42.2 Å². The number of hydrogen-bond acceptors (Lipinski definition) is 9. The number of methoxy groups -OCH3 is 1. The Hall–Kier alpha value is -3.23. The molecule has 0 spiro atoms. The molecule has 1 aliphatic heterocycles. The van der Waals surface area contributed by atoms with E-state index >= 15 is 0 Å². The van der Waals surface area contributed by atoms with Gasteiger partial charge in [0.15, 0.2) is 0 Å². The second-order valence-corrected chi connectivity index (χ2v) is 15.0. The van der Waals surface area contributed by atoms with Gasteiger partial charge < -0.3 is 34.4 Å². The van der Waals surface area contributed by atoms with Crippen LogP contribution in [0.2, 0.25) is 0 Å². The Kier molecular flexibility index (Phi) is 15.1. The van der Waals surface area contributed by atoms with Crippen LogP contribution in [0.4, 0.5) is 5.69 Å². The lowest BCUT2D eigenvalue weighted by Crippen LogP contribution is -2.48. The summed E-state index contributed by atoms with van der Waals surface area (Å²) in [5, 5.41) is 13.1. The van der Waals surface area contributed by atoms with Gasteiger partial charge in [-0.05, 0) is 103 Å². The van der Waals surface area contributed by atoms with Crippen molar-refractivity contribution in [1.29, 1.82) is 0 Å². The fourth-order valence-corrected chi connectivity index (χ4v) is 6.70. The predicted molar refractivity (Wildman–Crippen MR) is 186 cm³/mol. The van der Waals surface area contributed by atoms with Gasteiger partial charge in [-0.3, -0.25) is 9.59 Å². The Morgan fingerprint density at radius 1 is 1.12 bits per heavy atom. The number of nitrogens with one attached hydrogen (secondary N) is 1. The van der Waals surface area contributed by atoms with Crippen molar-refractivity contribution in [2.75, 3.05) is 66.4 Å². The normalized spacial score (nSPS) is 20.5. The van der Waals surface area contributed by atoms with Crippen LogP contribution in [0, 0.1) is 5.92 Å². The maximum atomic E-state index is 14.3. The van der Waals surface area contributed by atoms with Gasteiger partial charge in [0.2, 0.25) is 15.9 Å². The summed E-state index contributed by atoms with van der Waals surface area (Å²) < 4.78 is 46.1. The van der Waals surface area contributed by atoms with Crippen LogP contribution >= 0.6 is 0 Å². The number of nitrogens with zero attached hydrogens (tertiary/aromatic N) is 3. The minimum absolute atomic E-state index is 0.0607. The summed E-state index contributed by atoms with van der Waals surface area (Å²) in [7, 11) is 3.10. The second kappa shape index (κ2) is 18.5. The molecule has 0 unspecified atom stereocenters. The van der Waals surface area contributed by atoms with Crippen molar-refractivity contribution < 1.29 is 37.3 Å². The number of ether oxygens (including phenoxy) is 3. The SMILES string of the molecule is COc1ccc(S(=O)(=O)N(C)C[C@@H]2OCCCC[C@@H](C)Oc3ccc(NC(=O)CCCN(C)C)cc3C(=O)N([C@H](C)CO)C[C@H]2C)cc1. The molecule has 13 heteroatoms. The summed E-state index contributed by atoms with van der Waals surface area (Å²) in [6, 6.07) is 10.7. The monoisotopic (exact) mass is 690 g/mol. The molecule has 0 saturated heterocycles. The van der Waals surface area contributed by atoms with E-state index in [-0.39, 0.29) is 54.0 Å². The third kappa shape index (κ3) is 11.2. The van der Waals surface area contributed by atoms with Crippen LogP contribution in [0.25, 0.3) is 0 Å². The van der Waals surface area contributed by atoms with Crippen LogP contribution in [0.5, 0.6) is 11.5 Å². The van der Waals surface area contributed by atoms with Gasteiger partial charge in [0, 0.05) is 44.8 Å². The first-order chi connectivity index (χ1) is 22.8. The van der Waals surface area contributed by atoms with Crippen LogP contribution in [0.1, 0.15) is 63.2 Å². The quantitative estimate of drug-likeness (QED) is 0.337. The molecule has 2 aromatic rings. The molecule has 2 amide bonds.